The molecule has 4 heteroatoms. The van der Waals surface area contributed by atoms with Crippen LogP contribution in [0.25, 0.3) is 0 Å². The minimum Gasteiger partial charge on any atom is -0.392 e. The summed E-state index contributed by atoms with van der Waals surface area (Å²) in [6.45, 7) is 0.877. The van der Waals surface area contributed by atoms with Crippen molar-refractivity contribution in [2.75, 3.05) is 4.90 Å². The molecule has 1 aliphatic carbocycles. The fraction of sp³-hybridized carbons (Fsp3) is 0.286. The third kappa shape index (κ3) is 3.17. The Kier molecular flexibility index (Phi) is 4.28. The second kappa shape index (κ2) is 6.73. The highest BCUT2D eigenvalue weighted by Crippen LogP contribution is 2.30. The number of aliphatic hydroxyl groups is 1. The zero-order valence-corrected chi connectivity index (χ0v) is 14.5. The van der Waals surface area contributed by atoms with Gasteiger partial charge in [-0.15, -0.1) is 0 Å². The monoisotopic (exact) mass is 333 g/mol. The molecule has 0 radical (unpaired) electrons. The number of aromatic nitrogens is 2. The summed E-state index contributed by atoms with van der Waals surface area (Å²) in [5, 5.41) is 9.52. The van der Waals surface area contributed by atoms with Crippen LogP contribution in [-0.2, 0) is 33.0 Å². The van der Waals surface area contributed by atoms with Crippen LogP contribution in [0.15, 0.2) is 61.1 Å². The van der Waals surface area contributed by atoms with E-state index in [0.29, 0.717) is 6.04 Å². The zero-order chi connectivity index (χ0) is 17.2. The molecule has 1 aliphatic rings. The van der Waals surface area contributed by atoms with Gasteiger partial charge in [0, 0.05) is 25.0 Å². The second-order valence-electron chi connectivity index (χ2n) is 6.78. The van der Waals surface area contributed by atoms with Gasteiger partial charge in [0.2, 0.25) is 0 Å². The molecule has 1 heterocycles. The van der Waals surface area contributed by atoms with Crippen molar-refractivity contribution in [1.82, 2.24) is 9.55 Å². The van der Waals surface area contributed by atoms with E-state index in [1.165, 1.54) is 16.8 Å². The van der Waals surface area contributed by atoms with Gasteiger partial charge in [0.05, 0.1) is 25.2 Å². The van der Waals surface area contributed by atoms with Gasteiger partial charge in [0.15, 0.2) is 0 Å². The Morgan fingerprint density at radius 1 is 1.12 bits per heavy atom. The smallest absolute Gasteiger partial charge is 0.0946 e. The molecule has 1 aromatic heterocycles. The Bertz CT molecular complexity index is 846. The number of hydrogen-bond donors (Lipinski definition) is 1. The Morgan fingerprint density at radius 3 is 2.52 bits per heavy atom. The number of aryl methyl sites for hydroxylation is 1. The molecule has 0 atom stereocenters. The summed E-state index contributed by atoms with van der Waals surface area (Å²) < 4.78 is 2.07. The highest BCUT2D eigenvalue weighted by Gasteiger charge is 2.27. The minimum absolute atomic E-state index is 0.0677. The number of hydrogen-bond acceptors (Lipinski definition) is 3. The van der Waals surface area contributed by atoms with E-state index >= 15 is 0 Å². The number of aliphatic hydroxyl groups excluding tert-OH is 1. The average Bonchev–Trinajstić information content (AvgIpc) is 3.25. The van der Waals surface area contributed by atoms with Gasteiger partial charge in [-0.3, -0.25) is 0 Å². The van der Waals surface area contributed by atoms with Crippen molar-refractivity contribution in [2.45, 2.75) is 32.0 Å². The van der Waals surface area contributed by atoms with Crippen molar-refractivity contribution in [3.8, 4) is 0 Å². The number of anilines is 1. The molecule has 1 N–H and O–H groups in total. The summed E-state index contributed by atoms with van der Waals surface area (Å²) in [6, 6.07) is 17.4. The van der Waals surface area contributed by atoms with E-state index in [1.807, 2.05) is 31.7 Å². The van der Waals surface area contributed by atoms with Gasteiger partial charge in [0.25, 0.3) is 0 Å². The molecule has 0 amide bonds. The van der Waals surface area contributed by atoms with Crippen LogP contribution in [0.2, 0.25) is 0 Å². The van der Waals surface area contributed by atoms with Crippen molar-refractivity contribution in [3.63, 3.8) is 0 Å². The first-order valence-corrected chi connectivity index (χ1v) is 8.73. The number of benzene rings is 2. The molecule has 4 rings (SSSR count). The van der Waals surface area contributed by atoms with Crippen molar-refractivity contribution >= 4 is 5.69 Å². The van der Waals surface area contributed by atoms with Crippen molar-refractivity contribution in [3.05, 3.63) is 83.4 Å². The molecule has 0 spiro atoms. The largest absolute Gasteiger partial charge is 0.392 e. The molecular weight excluding hydrogens is 310 g/mol. The third-order valence-corrected chi connectivity index (χ3v) is 5.14. The van der Waals surface area contributed by atoms with E-state index in [4.69, 9.17) is 0 Å². The maximum atomic E-state index is 9.52. The molecule has 2 aromatic carbocycles. The molecule has 128 valence electrons. The van der Waals surface area contributed by atoms with Gasteiger partial charge in [-0.25, -0.2) is 4.98 Å². The van der Waals surface area contributed by atoms with Crippen molar-refractivity contribution in [2.24, 2.45) is 7.05 Å². The average molecular weight is 333 g/mol. The Balaban J connectivity index is 1.68. The summed E-state index contributed by atoms with van der Waals surface area (Å²) in [4.78, 5) is 6.72. The first-order chi connectivity index (χ1) is 12.2. The highest BCUT2D eigenvalue weighted by molar-refractivity contribution is 5.52. The Morgan fingerprint density at radius 2 is 1.88 bits per heavy atom. The lowest BCUT2D eigenvalue weighted by Gasteiger charge is -2.31. The Labute approximate surface area is 148 Å². The van der Waals surface area contributed by atoms with Crippen molar-refractivity contribution < 1.29 is 5.11 Å². The van der Waals surface area contributed by atoms with Crippen molar-refractivity contribution in [1.29, 1.82) is 0 Å². The Hall–Kier alpha value is -2.59. The topological polar surface area (TPSA) is 41.3 Å². The first-order valence-electron chi connectivity index (χ1n) is 8.73. The van der Waals surface area contributed by atoms with Crippen LogP contribution in [0.3, 0.4) is 0 Å². The molecule has 0 aliphatic heterocycles. The molecule has 25 heavy (non-hydrogen) atoms. The predicted octanol–water partition coefficient (Wildman–Crippen LogP) is 3.09. The molecule has 4 nitrogen and oxygen atoms in total. The van der Waals surface area contributed by atoms with Gasteiger partial charge in [0.1, 0.15) is 0 Å². The van der Waals surface area contributed by atoms with E-state index in [1.54, 1.807) is 0 Å². The fourth-order valence-corrected chi connectivity index (χ4v) is 3.73. The standard InChI is InChI=1S/C21H23N3O/c1-23-15-22-12-21(23)13-24(19-8-4-5-16(9-19)14-25)20-10-17-6-2-3-7-18(17)11-20/h2-9,12,15,20,25H,10-11,13-14H2,1H3. The summed E-state index contributed by atoms with van der Waals surface area (Å²) in [5.74, 6) is 0. The number of nitrogens with zero attached hydrogens (tertiary/aromatic N) is 3. The van der Waals surface area contributed by atoms with Gasteiger partial charge in [-0.05, 0) is 41.7 Å². The van der Waals surface area contributed by atoms with E-state index in [-0.39, 0.29) is 6.61 Å². The highest BCUT2D eigenvalue weighted by atomic mass is 16.3. The summed E-state index contributed by atoms with van der Waals surface area (Å²) in [5.41, 5.74) is 6.18. The molecule has 0 saturated heterocycles. The molecule has 0 fully saturated rings. The van der Waals surface area contributed by atoms with Crippen LogP contribution in [-0.4, -0.2) is 20.7 Å². The van der Waals surface area contributed by atoms with E-state index < -0.39 is 0 Å². The van der Waals surface area contributed by atoms with E-state index in [2.05, 4.69) is 50.8 Å². The quantitative estimate of drug-likeness (QED) is 0.780. The molecule has 0 unspecified atom stereocenters. The van der Waals surface area contributed by atoms with Crippen LogP contribution in [0.5, 0.6) is 0 Å². The van der Waals surface area contributed by atoms with E-state index in [0.717, 1.165) is 30.6 Å². The van der Waals surface area contributed by atoms with Crippen LogP contribution >= 0.6 is 0 Å². The number of rotatable bonds is 5. The predicted molar refractivity (Wildman–Crippen MR) is 99.4 cm³/mol. The van der Waals surface area contributed by atoms with Crippen LogP contribution in [0.1, 0.15) is 22.4 Å². The van der Waals surface area contributed by atoms with Gasteiger partial charge < -0.3 is 14.6 Å². The summed E-state index contributed by atoms with van der Waals surface area (Å²) in [7, 11) is 2.04. The molecule has 0 bridgehead atoms. The maximum Gasteiger partial charge on any atom is 0.0946 e. The lowest BCUT2D eigenvalue weighted by molar-refractivity contribution is 0.282. The van der Waals surface area contributed by atoms with E-state index in [9.17, 15) is 5.11 Å². The van der Waals surface area contributed by atoms with Crippen LogP contribution < -0.4 is 4.90 Å². The molecular formula is C21H23N3O. The maximum absolute atomic E-state index is 9.52. The normalized spacial score (nSPS) is 13.8. The van der Waals surface area contributed by atoms with Crippen LogP contribution in [0.4, 0.5) is 5.69 Å². The molecule has 0 saturated carbocycles. The SMILES string of the molecule is Cn1cncc1CN(c1cccc(CO)c1)C1Cc2ccccc2C1. The first kappa shape index (κ1) is 15.9. The lowest BCUT2D eigenvalue weighted by Crippen LogP contribution is -2.36. The zero-order valence-electron chi connectivity index (χ0n) is 14.5. The summed E-state index contributed by atoms with van der Waals surface area (Å²) in [6.07, 6.45) is 5.89. The van der Waals surface area contributed by atoms with Gasteiger partial charge >= 0.3 is 0 Å². The third-order valence-electron chi connectivity index (χ3n) is 5.14. The molecule has 3 aromatic rings. The number of fused-ring (bicyclic) bond motifs is 1. The fourth-order valence-electron chi connectivity index (χ4n) is 3.73. The van der Waals surface area contributed by atoms with Gasteiger partial charge in [-0.1, -0.05) is 36.4 Å². The van der Waals surface area contributed by atoms with Crippen LogP contribution in [0, 0.1) is 0 Å². The number of imidazole rings is 1. The van der Waals surface area contributed by atoms with Gasteiger partial charge in [-0.2, -0.15) is 0 Å². The summed E-state index contributed by atoms with van der Waals surface area (Å²) >= 11 is 0. The minimum atomic E-state index is 0.0677. The lowest BCUT2D eigenvalue weighted by atomic mass is 10.1. The second-order valence-corrected chi connectivity index (χ2v) is 6.78.